The van der Waals surface area contributed by atoms with Gasteiger partial charge >= 0.3 is 0 Å². The molecule has 0 spiro atoms. The molecule has 2 aliphatic carbocycles. The lowest BCUT2D eigenvalue weighted by atomic mass is 9.73. The summed E-state index contributed by atoms with van der Waals surface area (Å²) in [6.45, 7) is 12.0. The van der Waals surface area contributed by atoms with Crippen LogP contribution in [-0.2, 0) is 0 Å². The van der Waals surface area contributed by atoms with Crippen molar-refractivity contribution >= 4 is 0 Å². The number of hydrogen-bond donors (Lipinski definition) is 1. The standard InChI is InChI=1S/C17H34N2/c1-4-18-13-17(10-6-5-7-11-17)14-19(12-15(2)3)16-8-9-16/h15-16,18H,4-14H2,1-3H3. The van der Waals surface area contributed by atoms with Crippen molar-refractivity contribution in [3.63, 3.8) is 0 Å². The van der Waals surface area contributed by atoms with Crippen LogP contribution in [0.3, 0.4) is 0 Å². The summed E-state index contributed by atoms with van der Waals surface area (Å²) in [5, 5.41) is 3.65. The Bertz CT molecular complexity index is 252. The Morgan fingerprint density at radius 3 is 2.37 bits per heavy atom. The summed E-state index contributed by atoms with van der Waals surface area (Å²) in [6.07, 6.45) is 10.1. The lowest BCUT2D eigenvalue weighted by Crippen LogP contribution is -2.47. The predicted molar refractivity (Wildman–Crippen MR) is 83.5 cm³/mol. The molecule has 0 aliphatic heterocycles. The van der Waals surface area contributed by atoms with Gasteiger partial charge in [0.05, 0.1) is 0 Å². The maximum atomic E-state index is 3.65. The normalized spacial score (nSPS) is 23.2. The molecule has 2 nitrogen and oxygen atoms in total. The lowest BCUT2D eigenvalue weighted by molar-refractivity contribution is 0.0900. The third-order valence-corrected chi connectivity index (χ3v) is 4.87. The third-order valence-electron chi connectivity index (χ3n) is 4.87. The highest BCUT2D eigenvalue weighted by Gasteiger charge is 2.38. The largest absolute Gasteiger partial charge is 0.316 e. The van der Waals surface area contributed by atoms with Crippen molar-refractivity contribution in [1.29, 1.82) is 0 Å². The minimum atomic E-state index is 0.575. The molecule has 0 aromatic carbocycles. The van der Waals surface area contributed by atoms with Crippen LogP contribution >= 0.6 is 0 Å². The molecule has 2 rings (SSSR count). The molecule has 0 heterocycles. The quantitative estimate of drug-likeness (QED) is 0.721. The van der Waals surface area contributed by atoms with Crippen molar-refractivity contribution in [2.24, 2.45) is 11.3 Å². The van der Waals surface area contributed by atoms with Gasteiger partial charge in [-0.15, -0.1) is 0 Å². The first-order valence-corrected chi connectivity index (χ1v) is 8.60. The highest BCUT2D eigenvalue weighted by molar-refractivity contribution is 4.93. The van der Waals surface area contributed by atoms with Crippen LogP contribution in [0.2, 0.25) is 0 Å². The van der Waals surface area contributed by atoms with Crippen molar-refractivity contribution < 1.29 is 0 Å². The fourth-order valence-corrected chi connectivity index (χ4v) is 3.76. The average molecular weight is 266 g/mol. The van der Waals surface area contributed by atoms with E-state index in [2.05, 4.69) is 31.0 Å². The van der Waals surface area contributed by atoms with Gasteiger partial charge in [-0.2, -0.15) is 0 Å². The second kappa shape index (κ2) is 7.08. The molecule has 2 fully saturated rings. The van der Waals surface area contributed by atoms with Crippen molar-refractivity contribution in [3.05, 3.63) is 0 Å². The summed E-state index contributed by atoms with van der Waals surface area (Å²) < 4.78 is 0. The zero-order valence-corrected chi connectivity index (χ0v) is 13.4. The molecule has 0 amide bonds. The van der Waals surface area contributed by atoms with E-state index >= 15 is 0 Å². The van der Waals surface area contributed by atoms with Gasteiger partial charge in [-0.3, -0.25) is 4.90 Å². The van der Waals surface area contributed by atoms with Crippen LogP contribution in [-0.4, -0.2) is 37.1 Å². The van der Waals surface area contributed by atoms with Crippen LogP contribution in [0.25, 0.3) is 0 Å². The number of nitrogens with zero attached hydrogens (tertiary/aromatic N) is 1. The van der Waals surface area contributed by atoms with E-state index in [4.69, 9.17) is 0 Å². The van der Waals surface area contributed by atoms with Gasteiger partial charge in [-0.05, 0) is 43.6 Å². The molecule has 0 atom stereocenters. The molecule has 2 saturated carbocycles. The molecule has 0 aromatic rings. The second-order valence-corrected chi connectivity index (χ2v) is 7.40. The summed E-state index contributed by atoms with van der Waals surface area (Å²) in [4.78, 5) is 2.83. The monoisotopic (exact) mass is 266 g/mol. The molecular weight excluding hydrogens is 232 g/mol. The molecule has 112 valence electrons. The summed E-state index contributed by atoms with van der Waals surface area (Å²) in [5.41, 5.74) is 0.575. The van der Waals surface area contributed by atoms with Crippen molar-refractivity contribution in [3.8, 4) is 0 Å². The summed E-state index contributed by atoms with van der Waals surface area (Å²) in [6, 6.07) is 0.919. The van der Waals surface area contributed by atoms with Crippen molar-refractivity contribution in [1.82, 2.24) is 10.2 Å². The first kappa shape index (κ1) is 15.3. The number of hydrogen-bond acceptors (Lipinski definition) is 2. The molecule has 0 unspecified atom stereocenters. The van der Waals surface area contributed by atoms with E-state index in [1.54, 1.807) is 0 Å². The molecule has 0 bridgehead atoms. The van der Waals surface area contributed by atoms with Gasteiger partial charge in [-0.1, -0.05) is 40.0 Å². The zero-order valence-electron chi connectivity index (χ0n) is 13.4. The molecule has 2 aliphatic rings. The Balaban J connectivity index is 1.95. The molecule has 19 heavy (non-hydrogen) atoms. The van der Waals surface area contributed by atoms with Crippen LogP contribution in [0.1, 0.15) is 65.7 Å². The van der Waals surface area contributed by atoms with Crippen LogP contribution in [0.5, 0.6) is 0 Å². The summed E-state index contributed by atoms with van der Waals surface area (Å²) in [5.74, 6) is 0.806. The first-order valence-electron chi connectivity index (χ1n) is 8.60. The van der Waals surface area contributed by atoms with Gasteiger partial charge in [0.15, 0.2) is 0 Å². The molecule has 1 N–H and O–H groups in total. The van der Waals surface area contributed by atoms with Gasteiger partial charge in [0.1, 0.15) is 0 Å². The SMILES string of the molecule is CCNCC1(CN(CC(C)C)C2CC2)CCCCC1. The summed E-state index contributed by atoms with van der Waals surface area (Å²) >= 11 is 0. The van der Waals surface area contributed by atoms with E-state index in [0.29, 0.717) is 5.41 Å². The van der Waals surface area contributed by atoms with E-state index in [0.717, 1.165) is 18.5 Å². The second-order valence-electron chi connectivity index (χ2n) is 7.40. The van der Waals surface area contributed by atoms with E-state index < -0.39 is 0 Å². The number of nitrogens with one attached hydrogen (secondary N) is 1. The average Bonchev–Trinajstić information content (AvgIpc) is 3.21. The van der Waals surface area contributed by atoms with E-state index in [-0.39, 0.29) is 0 Å². The smallest absolute Gasteiger partial charge is 0.00967 e. The summed E-state index contributed by atoms with van der Waals surface area (Å²) in [7, 11) is 0. The number of rotatable bonds is 8. The van der Waals surface area contributed by atoms with E-state index in [1.807, 2.05) is 0 Å². The minimum absolute atomic E-state index is 0.575. The minimum Gasteiger partial charge on any atom is -0.316 e. The highest BCUT2D eigenvalue weighted by Crippen LogP contribution is 2.39. The maximum absolute atomic E-state index is 3.65. The van der Waals surface area contributed by atoms with Crippen LogP contribution < -0.4 is 5.32 Å². The lowest BCUT2D eigenvalue weighted by Gasteiger charge is -2.42. The van der Waals surface area contributed by atoms with Crippen molar-refractivity contribution in [2.75, 3.05) is 26.2 Å². The Kier molecular flexibility index (Phi) is 5.70. The van der Waals surface area contributed by atoms with Gasteiger partial charge in [0.25, 0.3) is 0 Å². The third kappa shape index (κ3) is 4.75. The molecular formula is C17H34N2. The topological polar surface area (TPSA) is 15.3 Å². The molecule has 0 aromatic heterocycles. The molecule has 0 saturated heterocycles. The van der Waals surface area contributed by atoms with Crippen molar-refractivity contribution in [2.45, 2.75) is 71.8 Å². The Morgan fingerprint density at radius 2 is 1.84 bits per heavy atom. The Hall–Kier alpha value is -0.0800. The first-order chi connectivity index (χ1) is 9.15. The van der Waals surface area contributed by atoms with E-state index in [9.17, 15) is 0 Å². The Morgan fingerprint density at radius 1 is 1.16 bits per heavy atom. The van der Waals surface area contributed by atoms with Gasteiger partial charge in [0.2, 0.25) is 0 Å². The molecule has 2 heteroatoms. The fourth-order valence-electron chi connectivity index (χ4n) is 3.76. The van der Waals surface area contributed by atoms with Gasteiger partial charge < -0.3 is 5.32 Å². The van der Waals surface area contributed by atoms with Crippen LogP contribution in [0, 0.1) is 11.3 Å². The highest BCUT2D eigenvalue weighted by atomic mass is 15.2. The van der Waals surface area contributed by atoms with Crippen LogP contribution in [0.4, 0.5) is 0 Å². The van der Waals surface area contributed by atoms with Gasteiger partial charge in [-0.25, -0.2) is 0 Å². The molecule has 0 radical (unpaired) electrons. The fraction of sp³-hybridized carbons (Fsp3) is 1.00. The van der Waals surface area contributed by atoms with Crippen LogP contribution in [0.15, 0.2) is 0 Å². The zero-order chi connectivity index (χ0) is 13.7. The Labute approximate surface area is 120 Å². The van der Waals surface area contributed by atoms with E-state index in [1.165, 1.54) is 64.6 Å². The predicted octanol–water partition coefficient (Wildman–Crippen LogP) is 3.67. The maximum Gasteiger partial charge on any atom is 0.00967 e. The van der Waals surface area contributed by atoms with Gasteiger partial charge in [0, 0.05) is 25.7 Å².